The molecule has 1 N–H and O–H groups in total. The first-order chi connectivity index (χ1) is 5.72. The first-order valence-electron chi connectivity index (χ1n) is 4.65. The van der Waals surface area contributed by atoms with Crippen molar-refractivity contribution >= 4 is 5.91 Å². The van der Waals surface area contributed by atoms with Crippen LogP contribution in [0.15, 0.2) is 12.7 Å². The first kappa shape index (κ1) is 9.30. The molecular formula is C10H17NO. The number of rotatable bonds is 2. The van der Waals surface area contributed by atoms with E-state index in [2.05, 4.69) is 18.8 Å². The Balaban J connectivity index is 2.31. The van der Waals surface area contributed by atoms with Gasteiger partial charge in [-0.1, -0.05) is 26.3 Å². The molecule has 0 saturated heterocycles. The monoisotopic (exact) mass is 167 g/mol. The molecular weight excluding hydrogens is 150 g/mol. The zero-order valence-corrected chi connectivity index (χ0v) is 7.68. The van der Waals surface area contributed by atoms with E-state index in [1.165, 1.54) is 18.9 Å². The molecule has 1 fully saturated rings. The SMILES string of the molecule is C=CC(=O)NC1CCCC(C)C1. The van der Waals surface area contributed by atoms with Gasteiger partial charge in [0.05, 0.1) is 0 Å². The van der Waals surface area contributed by atoms with Gasteiger partial charge in [-0.05, 0) is 24.8 Å². The lowest BCUT2D eigenvalue weighted by atomic mass is 9.87. The van der Waals surface area contributed by atoms with Crippen LogP contribution in [0.3, 0.4) is 0 Å². The summed E-state index contributed by atoms with van der Waals surface area (Å²) >= 11 is 0. The van der Waals surface area contributed by atoms with E-state index >= 15 is 0 Å². The Bertz CT molecular complexity index is 177. The van der Waals surface area contributed by atoms with Crippen molar-refractivity contribution < 1.29 is 4.79 Å². The van der Waals surface area contributed by atoms with E-state index in [1.54, 1.807) is 0 Å². The molecule has 0 bridgehead atoms. The Kier molecular flexibility index (Phi) is 3.32. The highest BCUT2D eigenvalue weighted by atomic mass is 16.1. The molecule has 0 aromatic carbocycles. The van der Waals surface area contributed by atoms with Crippen molar-refractivity contribution in [3.8, 4) is 0 Å². The van der Waals surface area contributed by atoms with Crippen LogP contribution in [-0.4, -0.2) is 11.9 Å². The molecule has 68 valence electrons. The number of hydrogen-bond donors (Lipinski definition) is 1. The number of hydrogen-bond acceptors (Lipinski definition) is 1. The minimum absolute atomic E-state index is 0.0332. The van der Waals surface area contributed by atoms with E-state index in [4.69, 9.17) is 0 Å². The quantitative estimate of drug-likeness (QED) is 0.625. The third kappa shape index (κ3) is 2.68. The van der Waals surface area contributed by atoms with Crippen LogP contribution in [0.5, 0.6) is 0 Å². The fraction of sp³-hybridized carbons (Fsp3) is 0.700. The van der Waals surface area contributed by atoms with E-state index in [0.717, 1.165) is 18.8 Å². The standard InChI is InChI=1S/C10H17NO/c1-3-10(12)11-9-6-4-5-8(2)7-9/h3,8-9H,1,4-7H2,2H3,(H,11,12). The van der Waals surface area contributed by atoms with Gasteiger partial charge in [0, 0.05) is 6.04 Å². The fourth-order valence-corrected chi connectivity index (χ4v) is 1.83. The number of carbonyl (C=O) groups excluding carboxylic acids is 1. The second kappa shape index (κ2) is 4.29. The Hall–Kier alpha value is -0.790. The minimum atomic E-state index is -0.0332. The average molecular weight is 167 g/mol. The second-order valence-corrected chi connectivity index (χ2v) is 3.68. The van der Waals surface area contributed by atoms with Crippen LogP contribution < -0.4 is 5.32 Å². The van der Waals surface area contributed by atoms with Gasteiger partial charge in [0.25, 0.3) is 0 Å². The summed E-state index contributed by atoms with van der Waals surface area (Å²) in [7, 11) is 0. The Morgan fingerprint density at radius 1 is 1.58 bits per heavy atom. The maximum atomic E-state index is 11.0. The van der Waals surface area contributed by atoms with Gasteiger partial charge in [0.15, 0.2) is 0 Å². The predicted molar refractivity (Wildman–Crippen MR) is 49.8 cm³/mol. The third-order valence-corrected chi connectivity index (χ3v) is 2.47. The van der Waals surface area contributed by atoms with Crippen LogP contribution in [0, 0.1) is 5.92 Å². The normalized spacial score (nSPS) is 29.4. The van der Waals surface area contributed by atoms with Crippen LogP contribution >= 0.6 is 0 Å². The second-order valence-electron chi connectivity index (χ2n) is 3.68. The van der Waals surface area contributed by atoms with Crippen LogP contribution in [0.25, 0.3) is 0 Å². The molecule has 2 nitrogen and oxygen atoms in total. The van der Waals surface area contributed by atoms with Crippen molar-refractivity contribution in [2.24, 2.45) is 5.92 Å². The minimum Gasteiger partial charge on any atom is -0.350 e. The maximum absolute atomic E-state index is 11.0. The van der Waals surface area contributed by atoms with Gasteiger partial charge in [0.2, 0.25) is 5.91 Å². The van der Waals surface area contributed by atoms with E-state index in [9.17, 15) is 4.79 Å². The lowest BCUT2D eigenvalue weighted by Gasteiger charge is -2.26. The van der Waals surface area contributed by atoms with Crippen molar-refractivity contribution in [2.45, 2.75) is 38.6 Å². The summed E-state index contributed by atoms with van der Waals surface area (Å²) in [6, 6.07) is 0.388. The number of amides is 1. The van der Waals surface area contributed by atoms with Crippen LogP contribution in [0.2, 0.25) is 0 Å². The lowest BCUT2D eigenvalue weighted by Crippen LogP contribution is -2.36. The Labute approximate surface area is 74.0 Å². The van der Waals surface area contributed by atoms with E-state index in [1.807, 2.05) is 0 Å². The van der Waals surface area contributed by atoms with Crippen LogP contribution in [0.4, 0.5) is 0 Å². The van der Waals surface area contributed by atoms with Crippen molar-refractivity contribution in [3.63, 3.8) is 0 Å². The highest BCUT2D eigenvalue weighted by Gasteiger charge is 2.19. The van der Waals surface area contributed by atoms with Crippen molar-refractivity contribution in [2.75, 3.05) is 0 Å². The van der Waals surface area contributed by atoms with E-state index in [-0.39, 0.29) is 5.91 Å². The van der Waals surface area contributed by atoms with Gasteiger partial charge < -0.3 is 5.32 Å². The Morgan fingerprint density at radius 3 is 2.92 bits per heavy atom. The van der Waals surface area contributed by atoms with Crippen molar-refractivity contribution in [1.82, 2.24) is 5.32 Å². The highest BCUT2D eigenvalue weighted by Crippen LogP contribution is 2.23. The number of carbonyl (C=O) groups is 1. The molecule has 2 heteroatoms. The largest absolute Gasteiger partial charge is 0.350 e. The van der Waals surface area contributed by atoms with Gasteiger partial charge in [-0.15, -0.1) is 0 Å². The zero-order valence-electron chi connectivity index (χ0n) is 7.68. The molecule has 0 spiro atoms. The number of nitrogens with one attached hydrogen (secondary N) is 1. The smallest absolute Gasteiger partial charge is 0.243 e. The summed E-state index contributed by atoms with van der Waals surface area (Å²) in [5.74, 6) is 0.725. The average Bonchev–Trinajstić information content (AvgIpc) is 2.04. The van der Waals surface area contributed by atoms with Crippen LogP contribution in [-0.2, 0) is 4.79 Å². The molecule has 2 unspecified atom stereocenters. The zero-order chi connectivity index (χ0) is 8.97. The van der Waals surface area contributed by atoms with Gasteiger partial charge in [-0.2, -0.15) is 0 Å². The summed E-state index contributed by atoms with van der Waals surface area (Å²) in [6.45, 7) is 5.68. The van der Waals surface area contributed by atoms with Gasteiger partial charge in [0.1, 0.15) is 0 Å². The molecule has 1 rings (SSSR count). The molecule has 1 aliphatic rings. The summed E-state index contributed by atoms with van der Waals surface area (Å²) in [4.78, 5) is 11.0. The van der Waals surface area contributed by atoms with Gasteiger partial charge >= 0.3 is 0 Å². The predicted octanol–water partition coefficient (Wildman–Crippen LogP) is 1.87. The van der Waals surface area contributed by atoms with Crippen molar-refractivity contribution in [3.05, 3.63) is 12.7 Å². The molecule has 0 radical (unpaired) electrons. The Morgan fingerprint density at radius 2 is 2.33 bits per heavy atom. The third-order valence-electron chi connectivity index (χ3n) is 2.47. The lowest BCUT2D eigenvalue weighted by molar-refractivity contribution is -0.117. The summed E-state index contributed by atoms with van der Waals surface area (Å²) in [5, 5.41) is 2.94. The molecule has 0 aliphatic heterocycles. The molecule has 1 aliphatic carbocycles. The van der Waals surface area contributed by atoms with Gasteiger partial charge in [-0.25, -0.2) is 0 Å². The fourth-order valence-electron chi connectivity index (χ4n) is 1.83. The summed E-state index contributed by atoms with van der Waals surface area (Å²) < 4.78 is 0. The topological polar surface area (TPSA) is 29.1 Å². The molecule has 2 atom stereocenters. The van der Waals surface area contributed by atoms with Gasteiger partial charge in [-0.3, -0.25) is 4.79 Å². The van der Waals surface area contributed by atoms with E-state index < -0.39 is 0 Å². The maximum Gasteiger partial charge on any atom is 0.243 e. The first-order valence-corrected chi connectivity index (χ1v) is 4.65. The summed E-state index contributed by atoms with van der Waals surface area (Å²) in [5.41, 5.74) is 0. The molecule has 0 aromatic rings. The summed E-state index contributed by atoms with van der Waals surface area (Å²) in [6.07, 6.45) is 6.15. The molecule has 12 heavy (non-hydrogen) atoms. The molecule has 0 heterocycles. The van der Waals surface area contributed by atoms with Crippen LogP contribution in [0.1, 0.15) is 32.6 Å². The van der Waals surface area contributed by atoms with E-state index in [0.29, 0.717) is 6.04 Å². The van der Waals surface area contributed by atoms with Crippen molar-refractivity contribution in [1.29, 1.82) is 0 Å². The molecule has 0 aromatic heterocycles. The highest BCUT2D eigenvalue weighted by molar-refractivity contribution is 5.87. The molecule has 1 amide bonds. The molecule has 1 saturated carbocycles.